The molecule has 0 bridgehead atoms. The fraction of sp³-hybridized carbons (Fsp3) is 0.588. The van der Waals surface area contributed by atoms with Gasteiger partial charge in [-0.05, 0) is 25.8 Å². The van der Waals surface area contributed by atoms with E-state index in [1.54, 1.807) is 6.07 Å². The van der Waals surface area contributed by atoms with E-state index in [1.807, 2.05) is 19.1 Å². The summed E-state index contributed by atoms with van der Waals surface area (Å²) in [6, 6.07) is 5.69. The Balaban J connectivity index is 1.89. The molecule has 1 unspecified atom stereocenters. The van der Waals surface area contributed by atoms with Crippen LogP contribution in [0.4, 0.5) is 4.39 Å². The van der Waals surface area contributed by atoms with Crippen molar-refractivity contribution in [3.8, 4) is 0 Å². The number of halogens is 1. The molecule has 1 heterocycles. The topological polar surface area (TPSA) is 41.6 Å². The smallest absolute Gasteiger partial charge is 0.192 e. The average molecular weight is 289 g/mol. The first-order valence-corrected chi connectivity index (χ1v) is 8.01. The molecule has 1 aliphatic carbocycles. The average Bonchev–Trinajstić information content (AvgIpc) is 2.69. The lowest BCUT2D eigenvalue weighted by molar-refractivity contribution is 0.233. The van der Waals surface area contributed by atoms with Crippen molar-refractivity contribution in [2.45, 2.75) is 57.5 Å². The van der Waals surface area contributed by atoms with Gasteiger partial charge in [0.15, 0.2) is 5.96 Å². The van der Waals surface area contributed by atoms with Gasteiger partial charge in [-0.2, -0.15) is 0 Å². The van der Waals surface area contributed by atoms with Crippen LogP contribution in [0.15, 0.2) is 23.2 Å². The van der Waals surface area contributed by atoms with Gasteiger partial charge in [-0.25, -0.2) is 4.39 Å². The molecule has 1 aromatic carbocycles. The molecule has 2 aliphatic rings. The Labute approximate surface area is 126 Å². The first kappa shape index (κ1) is 14.4. The molecule has 0 aromatic heterocycles. The van der Waals surface area contributed by atoms with Gasteiger partial charge >= 0.3 is 0 Å². The summed E-state index contributed by atoms with van der Waals surface area (Å²) in [5.41, 5.74) is 7.95. The number of aliphatic imine (C=N–C) groups is 1. The first-order valence-electron chi connectivity index (χ1n) is 8.01. The molecule has 2 N–H and O–H groups in total. The number of nitrogens with two attached hydrogens (primary N) is 1. The minimum absolute atomic E-state index is 0.0343. The lowest BCUT2D eigenvalue weighted by Gasteiger charge is -2.34. The molecule has 0 spiro atoms. The third-order valence-corrected chi connectivity index (χ3v) is 4.76. The Morgan fingerprint density at radius 1 is 1.19 bits per heavy atom. The van der Waals surface area contributed by atoms with Crippen LogP contribution in [0.2, 0.25) is 0 Å². The van der Waals surface area contributed by atoms with Crippen molar-refractivity contribution in [3.63, 3.8) is 0 Å². The maximum Gasteiger partial charge on any atom is 0.192 e. The number of hydrogen-bond donors (Lipinski definition) is 1. The zero-order valence-electron chi connectivity index (χ0n) is 12.7. The van der Waals surface area contributed by atoms with Crippen LogP contribution in [0.5, 0.6) is 0 Å². The second-order valence-corrected chi connectivity index (χ2v) is 6.29. The van der Waals surface area contributed by atoms with Crippen molar-refractivity contribution in [1.82, 2.24) is 4.90 Å². The fourth-order valence-electron chi connectivity index (χ4n) is 3.65. The molecule has 0 saturated heterocycles. The van der Waals surface area contributed by atoms with Gasteiger partial charge in [0.25, 0.3) is 0 Å². The standard InChI is InChI=1S/C17H24FN3/c1-12-8-9-15(18)14(10-12)16-11-20-17(19)21(16)13-6-4-2-3-5-7-13/h8-10,13,16H,2-7,11H2,1H3,(H2,19,20). The van der Waals surface area contributed by atoms with Gasteiger partial charge in [0.2, 0.25) is 0 Å². The van der Waals surface area contributed by atoms with Crippen molar-refractivity contribution in [2.75, 3.05) is 6.54 Å². The summed E-state index contributed by atoms with van der Waals surface area (Å²) in [5, 5.41) is 0. The predicted octanol–water partition coefficient (Wildman–Crippen LogP) is 3.53. The lowest BCUT2D eigenvalue weighted by Crippen LogP contribution is -2.43. The molecule has 3 rings (SSSR count). The summed E-state index contributed by atoms with van der Waals surface area (Å²) < 4.78 is 14.3. The molecular formula is C17H24FN3. The van der Waals surface area contributed by atoms with Gasteiger partial charge in [-0.1, -0.05) is 43.4 Å². The largest absolute Gasteiger partial charge is 0.370 e. The zero-order chi connectivity index (χ0) is 14.8. The van der Waals surface area contributed by atoms with Crippen LogP contribution in [-0.4, -0.2) is 23.4 Å². The van der Waals surface area contributed by atoms with Crippen molar-refractivity contribution in [2.24, 2.45) is 10.7 Å². The highest BCUT2D eigenvalue weighted by molar-refractivity contribution is 5.80. The molecule has 4 heteroatoms. The Morgan fingerprint density at radius 3 is 2.62 bits per heavy atom. The molecule has 0 radical (unpaired) electrons. The molecule has 114 valence electrons. The number of nitrogens with zero attached hydrogens (tertiary/aromatic N) is 2. The number of guanidine groups is 1. The molecule has 0 amide bonds. The number of aryl methyl sites for hydroxylation is 1. The Kier molecular flexibility index (Phi) is 4.13. The highest BCUT2D eigenvalue weighted by Crippen LogP contribution is 2.34. The van der Waals surface area contributed by atoms with Crippen LogP contribution in [0.3, 0.4) is 0 Å². The molecule has 1 fully saturated rings. The highest BCUT2D eigenvalue weighted by Gasteiger charge is 2.34. The number of benzene rings is 1. The highest BCUT2D eigenvalue weighted by atomic mass is 19.1. The van der Waals surface area contributed by atoms with E-state index in [0.717, 1.165) is 24.0 Å². The quantitative estimate of drug-likeness (QED) is 0.846. The van der Waals surface area contributed by atoms with E-state index in [-0.39, 0.29) is 11.9 Å². The Morgan fingerprint density at radius 2 is 1.90 bits per heavy atom. The van der Waals surface area contributed by atoms with Gasteiger partial charge in [0, 0.05) is 11.6 Å². The SMILES string of the molecule is Cc1ccc(F)c(C2CN=C(N)N2C2CCCCCC2)c1. The number of rotatable bonds is 2. The second-order valence-electron chi connectivity index (χ2n) is 6.29. The summed E-state index contributed by atoms with van der Waals surface area (Å²) in [6.45, 7) is 2.57. The van der Waals surface area contributed by atoms with Gasteiger partial charge in [0.1, 0.15) is 5.82 Å². The Bertz CT molecular complexity index is 533. The van der Waals surface area contributed by atoms with E-state index in [1.165, 1.54) is 25.7 Å². The van der Waals surface area contributed by atoms with Crippen molar-refractivity contribution in [1.29, 1.82) is 0 Å². The summed E-state index contributed by atoms with van der Waals surface area (Å²) >= 11 is 0. The Hall–Kier alpha value is -1.58. The molecule has 1 aliphatic heterocycles. The molecule has 1 saturated carbocycles. The first-order chi connectivity index (χ1) is 10.2. The second kappa shape index (κ2) is 6.04. The normalized spacial score (nSPS) is 24.0. The monoisotopic (exact) mass is 289 g/mol. The van der Waals surface area contributed by atoms with Gasteiger partial charge in [0.05, 0.1) is 12.6 Å². The van der Waals surface area contributed by atoms with Gasteiger partial charge < -0.3 is 10.6 Å². The molecule has 3 nitrogen and oxygen atoms in total. The summed E-state index contributed by atoms with van der Waals surface area (Å²) in [4.78, 5) is 6.59. The predicted molar refractivity (Wildman–Crippen MR) is 83.7 cm³/mol. The van der Waals surface area contributed by atoms with Crippen LogP contribution < -0.4 is 5.73 Å². The number of hydrogen-bond acceptors (Lipinski definition) is 3. The van der Waals surface area contributed by atoms with Crippen LogP contribution in [-0.2, 0) is 0 Å². The fourth-order valence-corrected chi connectivity index (χ4v) is 3.65. The van der Waals surface area contributed by atoms with E-state index in [4.69, 9.17) is 5.73 Å². The van der Waals surface area contributed by atoms with Gasteiger partial charge in [-0.3, -0.25) is 4.99 Å². The van der Waals surface area contributed by atoms with Crippen molar-refractivity contribution in [3.05, 3.63) is 35.1 Å². The zero-order valence-corrected chi connectivity index (χ0v) is 12.7. The maximum atomic E-state index is 14.3. The van der Waals surface area contributed by atoms with Crippen molar-refractivity contribution < 1.29 is 4.39 Å². The third kappa shape index (κ3) is 2.89. The summed E-state index contributed by atoms with van der Waals surface area (Å²) in [7, 11) is 0. The molecular weight excluding hydrogens is 265 g/mol. The summed E-state index contributed by atoms with van der Waals surface area (Å²) in [5.74, 6) is 0.446. The van der Waals surface area contributed by atoms with E-state index in [0.29, 0.717) is 18.5 Å². The minimum atomic E-state index is -0.144. The van der Waals surface area contributed by atoms with Crippen LogP contribution in [0.25, 0.3) is 0 Å². The van der Waals surface area contributed by atoms with E-state index in [9.17, 15) is 4.39 Å². The molecule has 1 aromatic rings. The van der Waals surface area contributed by atoms with Crippen LogP contribution in [0, 0.1) is 12.7 Å². The molecule has 21 heavy (non-hydrogen) atoms. The van der Waals surface area contributed by atoms with E-state index < -0.39 is 0 Å². The van der Waals surface area contributed by atoms with Crippen molar-refractivity contribution >= 4 is 5.96 Å². The maximum absolute atomic E-state index is 14.3. The van der Waals surface area contributed by atoms with E-state index >= 15 is 0 Å². The lowest BCUT2D eigenvalue weighted by atomic mass is 9.99. The minimum Gasteiger partial charge on any atom is -0.370 e. The van der Waals surface area contributed by atoms with Crippen LogP contribution >= 0.6 is 0 Å². The third-order valence-electron chi connectivity index (χ3n) is 4.76. The van der Waals surface area contributed by atoms with Gasteiger partial charge in [-0.15, -0.1) is 0 Å². The molecule has 1 atom stereocenters. The van der Waals surface area contributed by atoms with E-state index in [2.05, 4.69) is 9.89 Å². The van der Waals surface area contributed by atoms with Crippen LogP contribution in [0.1, 0.15) is 55.7 Å². The summed E-state index contributed by atoms with van der Waals surface area (Å²) in [6.07, 6.45) is 7.34.